The Balaban J connectivity index is 1.14. The Morgan fingerprint density at radius 3 is 1.10 bits per heavy atom. The van der Waals surface area contributed by atoms with E-state index in [4.69, 9.17) is 0 Å². The average Bonchev–Trinajstić information content (AvgIpc) is 3.93. The van der Waals surface area contributed by atoms with Gasteiger partial charge in [-0.1, -0.05) is 210 Å². The van der Waals surface area contributed by atoms with Crippen LogP contribution in [0.2, 0.25) is 0 Å². The summed E-state index contributed by atoms with van der Waals surface area (Å²) in [5, 5.41) is 10.5. The lowest BCUT2D eigenvalue weighted by molar-refractivity contribution is 0.747. The van der Waals surface area contributed by atoms with Crippen LogP contribution in [0.5, 0.6) is 0 Å². The Morgan fingerprint density at radius 2 is 0.662 bits per heavy atom. The van der Waals surface area contributed by atoms with Crippen LogP contribution < -0.4 is 0 Å². The summed E-state index contributed by atoms with van der Waals surface area (Å²) in [6.07, 6.45) is 4.80. The van der Waals surface area contributed by atoms with Crippen molar-refractivity contribution < 1.29 is 0 Å². The van der Waals surface area contributed by atoms with Gasteiger partial charge in [-0.2, -0.15) is 5.26 Å². The number of halogens is 1. The maximum absolute atomic E-state index is 10.5. The van der Waals surface area contributed by atoms with Crippen LogP contribution in [0, 0.1) is 11.3 Å². The summed E-state index contributed by atoms with van der Waals surface area (Å²) in [6, 6.07) is 88.1. The average molecular weight is 927 g/mol. The molecule has 0 amide bonds. The van der Waals surface area contributed by atoms with E-state index in [2.05, 4.69) is 259 Å². The third kappa shape index (κ3) is 4.94. The molecule has 0 N–H and O–H groups in total. The van der Waals surface area contributed by atoms with E-state index in [1.54, 1.807) is 0 Å². The van der Waals surface area contributed by atoms with Gasteiger partial charge in [0.25, 0.3) is 0 Å². The topological polar surface area (TPSA) is 23.8 Å². The number of hydrogen-bond acceptors (Lipinski definition) is 1. The molecule has 316 valence electrons. The fourth-order valence-corrected chi connectivity index (χ4v) is 13.6. The van der Waals surface area contributed by atoms with Gasteiger partial charge < -0.3 is 0 Å². The summed E-state index contributed by atoms with van der Waals surface area (Å²) in [6.45, 7) is 0. The van der Waals surface area contributed by atoms with Crippen LogP contribution in [0.25, 0.3) is 45.5 Å². The van der Waals surface area contributed by atoms with E-state index in [-0.39, 0.29) is 0 Å². The second-order valence-electron chi connectivity index (χ2n) is 18.7. The smallest absolute Gasteiger partial charge is 0.0991 e. The molecule has 0 bridgehead atoms. The molecule has 10 aromatic carbocycles. The molecular formula is C66H40BrN. The predicted octanol–water partition coefficient (Wildman–Crippen LogP) is 15.9. The largest absolute Gasteiger partial charge is 0.192 e. The van der Waals surface area contributed by atoms with Crippen molar-refractivity contribution in [2.24, 2.45) is 0 Å². The van der Waals surface area contributed by atoms with Gasteiger partial charge in [0.15, 0.2) is 0 Å². The maximum Gasteiger partial charge on any atom is 0.0991 e. The zero-order valence-electron chi connectivity index (χ0n) is 36.9. The molecule has 0 fully saturated rings. The van der Waals surface area contributed by atoms with Crippen molar-refractivity contribution in [2.75, 3.05) is 0 Å². The van der Waals surface area contributed by atoms with E-state index in [0.29, 0.717) is 5.56 Å². The summed E-state index contributed by atoms with van der Waals surface area (Å²) in [5.74, 6) is 0. The van der Waals surface area contributed by atoms with Crippen molar-refractivity contribution >= 4 is 28.1 Å². The van der Waals surface area contributed by atoms with Crippen molar-refractivity contribution in [3.05, 3.63) is 318 Å². The van der Waals surface area contributed by atoms with Crippen LogP contribution in [0.3, 0.4) is 0 Å². The van der Waals surface area contributed by atoms with E-state index >= 15 is 0 Å². The van der Waals surface area contributed by atoms with E-state index in [0.717, 1.165) is 15.6 Å². The molecule has 0 saturated carbocycles. The first-order valence-corrected chi connectivity index (χ1v) is 24.2. The molecule has 10 aromatic rings. The number of nitriles is 1. The van der Waals surface area contributed by atoms with Crippen molar-refractivity contribution in [3.63, 3.8) is 0 Å². The first-order valence-electron chi connectivity index (χ1n) is 23.4. The second kappa shape index (κ2) is 14.5. The molecule has 2 heteroatoms. The highest BCUT2D eigenvalue weighted by molar-refractivity contribution is 9.10. The summed E-state index contributed by atoms with van der Waals surface area (Å²) in [4.78, 5) is 0. The summed E-state index contributed by atoms with van der Waals surface area (Å²) >= 11 is 3.94. The van der Waals surface area contributed by atoms with Crippen LogP contribution in [0.1, 0.15) is 83.5 Å². The number of fused-ring (bicyclic) bond motifs is 15. The molecule has 0 unspecified atom stereocenters. The second-order valence-corrected chi connectivity index (χ2v) is 19.6. The van der Waals surface area contributed by atoms with E-state index in [1.807, 2.05) is 6.07 Å². The van der Waals surface area contributed by atoms with Gasteiger partial charge in [-0.15, -0.1) is 0 Å². The summed E-state index contributed by atoms with van der Waals surface area (Å²) in [5.41, 5.74) is 23.3. The molecule has 68 heavy (non-hydrogen) atoms. The molecule has 0 atom stereocenters. The number of benzene rings is 10. The normalized spacial score (nSPS) is 15.1. The first-order chi connectivity index (χ1) is 33.6. The first kappa shape index (κ1) is 39.1. The SMILES string of the molecule is N#Cc1ccc2c(c1)C(c1ccccc1)(c1ccccc1)c1cc3c(cc1-2)C1(c2cc4c(cc2C=C3)C(c2ccccc2)(c2ccccc2)c2cc(Br)ccc2-4)c2ccccc2-c2ccccc21. The molecule has 0 radical (unpaired) electrons. The Morgan fingerprint density at radius 1 is 0.294 bits per heavy atom. The fraction of sp³-hybridized carbons (Fsp3) is 0.0455. The highest BCUT2D eigenvalue weighted by Gasteiger charge is 2.54. The van der Waals surface area contributed by atoms with Gasteiger partial charge in [0.2, 0.25) is 0 Å². The van der Waals surface area contributed by atoms with Crippen LogP contribution >= 0.6 is 15.9 Å². The third-order valence-corrected chi connectivity index (χ3v) is 16.2. The molecule has 0 aromatic heterocycles. The van der Waals surface area contributed by atoms with Gasteiger partial charge in [-0.3, -0.25) is 0 Å². The van der Waals surface area contributed by atoms with Crippen molar-refractivity contribution in [3.8, 4) is 39.4 Å². The predicted molar refractivity (Wildman–Crippen MR) is 280 cm³/mol. The Kier molecular flexibility index (Phi) is 8.31. The zero-order chi connectivity index (χ0) is 45.2. The molecule has 4 aliphatic rings. The number of hydrogen-bond donors (Lipinski definition) is 0. The minimum atomic E-state index is -0.691. The van der Waals surface area contributed by atoms with Gasteiger partial charge in [0, 0.05) is 4.47 Å². The molecule has 0 saturated heterocycles. The van der Waals surface area contributed by atoms with Crippen molar-refractivity contribution in [1.82, 2.24) is 0 Å². The lowest BCUT2D eigenvalue weighted by Gasteiger charge is -2.38. The number of rotatable bonds is 4. The molecule has 4 aliphatic carbocycles. The van der Waals surface area contributed by atoms with E-state index in [1.165, 1.54) is 100 Å². The van der Waals surface area contributed by atoms with Crippen molar-refractivity contribution in [1.29, 1.82) is 5.26 Å². The molecular weight excluding hydrogens is 887 g/mol. The van der Waals surface area contributed by atoms with Gasteiger partial charge in [-0.25, -0.2) is 0 Å². The van der Waals surface area contributed by atoms with Crippen molar-refractivity contribution in [2.45, 2.75) is 16.2 Å². The summed E-state index contributed by atoms with van der Waals surface area (Å²) < 4.78 is 1.06. The third-order valence-electron chi connectivity index (χ3n) is 15.7. The minimum absolute atomic E-state index is 0.574. The zero-order valence-corrected chi connectivity index (χ0v) is 38.5. The molecule has 0 heterocycles. The fourth-order valence-electron chi connectivity index (χ4n) is 13.2. The van der Waals surface area contributed by atoms with E-state index < -0.39 is 16.2 Å². The van der Waals surface area contributed by atoms with E-state index in [9.17, 15) is 5.26 Å². The van der Waals surface area contributed by atoms with Crippen LogP contribution in [-0.4, -0.2) is 0 Å². The highest BCUT2D eigenvalue weighted by atomic mass is 79.9. The number of nitrogens with zero attached hydrogens (tertiary/aromatic N) is 1. The molecule has 0 aliphatic heterocycles. The molecule has 1 spiro atoms. The lowest BCUT2D eigenvalue weighted by Crippen LogP contribution is -2.32. The van der Waals surface area contributed by atoms with Gasteiger partial charge in [0.05, 0.1) is 27.9 Å². The van der Waals surface area contributed by atoms with Crippen LogP contribution in [0.4, 0.5) is 0 Å². The standard InChI is InChI=1S/C66H40BrN/c67-49-32-34-53-55-40-59-44(37-62(55)65(63(53)38-49,47-21-9-3-10-22-47)48-23-11-4-12-24-48)31-30-43-36-61-54(39-58(43)66(59)56-27-15-13-25-50(56)51-26-14-16-28-57(51)66)52-33-29-42(41-68)35-60(52)64(61,45-17-5-1-6-18-45)46-19-7-2-8-20-46/h1-40H. The monoisotopic (exact) mass is 925 g/mol. The van der Waals surface area contributed by atoms with Gasteiger partial charge >= 0.3 is 0 Å². The van der Waals surface area contributed by atoms with Gasteiger partial charge in [-0.05, 0) is 160 Å². The Hall–Kier alpha value is -8.09. The maximum atomic E-state index is 10.5. The van der Waals surface area contributed by atoms with Gasteiger partial charge in [0.1, 0.15) is 0 Å². The van der Waals surface area contributed by atoms with Crippen LogP contribution in [0.15, 0.2) is 235 Å². The quantitative estimate of drug-likeness (QED) is 0.173. The van der Waals surface area contributed by atoms with Crippen LogP contribution in [-0.2, 0) is 16.2 Å². The Labute approximate surface area is 405 Å². The lowest BCUT2D eigenvalue weighted by atomic mass is 9.63. The molecule has 14 rings (SSSR count). The minimum Gasteiger partial charge on any atom is -0.192 e. The highest BCUT2D eigenvalue weighted by Crippen LogP contribution is 2.65. The summed E-state index contributed by atoms with van der Waals surface area (Å²) in [7, 11) is 0. The Bertz CT molecular complexity index is 3680. The molecule has 1 nitrogen and oxygen atoms in total.